The minimum absolute atomic E-state index is 0.245. The highest BCUT2D eigenvalue weighted by Crippen LogP contribution is 2.20. The highest BCUT2D eigenvalue weighted by Gasteiger charge is 2.35. The van der Waals surface area contributed by atoms with Gasteiger partial charge in [-0.05, 0) is 19.9 Å². The van der Waals surface area contributed by atoms with Crippen molar-refractivity contribution >= 4 is 5.97 Å². The van der Waals surface area contributed by atoms with Crippen molar-refractivity contribution in [3.05, 3.63) is 11.8 Å². The van der Waals surface area contributed by atoms with E-state index in [1.54, 1.807) is 13.8 Å². The van der Waals surface area contributed by atoms with Gasteiger partial charge in [-0.15, -0.1) is 0 Å². The van der Waals surface area contributed by atoms with E-state index in [-0.39, 0.29) is 6.10 Å². The molecule has 0 aliphatic carbocycles. The zero-order chi connectivity index (χ0) is 11.6. The molecule has 3 N–H and O–H groups in total. The van der Waals surface area contributed by atoms with Crippen LogP contribution in [0.1, 0.15) is 13.8 Å². The molecule has 2 unspecified atom stereocenters. The van der Waals surface area contributed by atoms with Crippen LogP contribution in [0.2, 0.25) is 0 Å². The number of hydrogen-bond donors (Lipinski definition) is 3. The molecule has 0 aromatic heterocycles. The summed E-state index contributed by atoms with van der Waals surface area (Å²) in [5.74, 6) is -1.69. The van der Waals surface area contributed by atoms with Crippen LogP contribution in [0.5, 0.6) is 0 Å². The third-order valence-electron chi connectivity index (χ3n) is 1.81. The fourth-order valence-corrected chi connectivity index (χ4v) is 1.16. The summed E-state index contributed by atoms with van der Waals surface area (Å²) in [4.78, 5) is 10.6. The van der Waals surface area contributed by atoms with Crippen LogP contribution in [-0.2, 0) is 14.3 Å². The molecule has 86 valence electrons. The number of aliphatic carboxylic acids is 1. The topological polar surface area (TPSA) is 96.2 Å². The molecular weight excluding hydrogens is 204 g/mol. The van der Waals surface area contributed by atoms with Crippen LogP contribution in [0, 0.1) is 0 Å². The first-order valence-electron chi connectivity index (χ1n) is 4.54. The number of carboxylic acids is 1. The van der Waals surface area contributed by atoms with Crippen molar-refractivity contribution in [3.63, 3.8) is 0 Å². The minimum atomic E-state index is -1.34. The second-order valence-corrected chi connectivity index (χ2v) is 3.48. The van der Waals surface area contributed by atoms with Gasteiger partial charge in [0.25, 0.3) is 0 Å². The monoisotopic (exact) mass is 218 g/mol. The standard InChI is InChI=1S/C9H14O6/c1-4(2)14-9-7(11)5(10)3-6(15-9)8(12)13/h3-4,6-7,9-11H,1-2H3,(H,12,13)/t6?,7?,9-/m1/s1. The van der Waals surface area contributed by atoms with Gasteiger partial charge in [-0.2, -0.15) is 0 Å². The van der Waals surface area contributed by atoms with Crippen LogP contribution in [0.15, 0.2) is 11.8 Å². The minimum Gasteiger partial charge on any atom is -0.510 e. The highest BCUT2D eigenvalue weighted by atomic mass is 16.7. The van der Waals surface area contributed by atoms with Gasteiger partial charge < -0.3 is 24.8 Å². The molecule has 1 rings (SSSR count). The molecule has 0 radical (unpaired) electrons. The second-order valence-electron chi connectivity index (χ2n) is 3.48. The normalized spacial score (nSPS) is 31.5. The fourth-order valence-electron chi connectivity index (χ4n) is 1.16. The van der Waals surface area contributed by atoms with Gasteiger partial charge in [-0.1, -0.05) is 0 Å². The first-order chi connectivity index (χ1) is 6.91. The summed E-state index contributed by atoms with van der Waals surface area (Å²) in [7, 11) is 0. The van der Waals surface area contributed by atoms with Crippen LogP contribution in [-0.4, -0.2) is 45.9 Å². The maximum Gasteiger partial charge on any atom is 0.337 e. The molecule has 1 aliphatic rings. The van der Waals surface area contributed by atoms with Crippen LogP contribution in [0.3, 0.4) is 0 Å². The Morgan fingerprint density at radius 1 is 1.60 bits per heavy atom. The average molecular weight is 218 g/mol. The second kappa shape index (κ2) is 4.61. The maximum atomic E-state index is 10.6. The van der Waals surface area contributed by atoms with Crippen LogP contribution in [0.4, 0.5) is 0 Å². The zero-order valence-electron chi connectivity index (χ0n) is 8.45. The molecule has 0 saturated carbocycles. The van der Waals surface area contributed by atoms with E-state index in [0.717, 1.165) is 6.08 Å². The predicted molar refractivity (Wildman–Crippen MR) is 49.2 cm³/mol. The summed E-state index contributed by atoms with van der Waals surface area (Å²) in [5, 5.41) is 27.4. The van der Waals surface area contributed by atoms with E-state index in [1.165, 1.54) is 0 Å². The molecule has 1 heterocycles. The zero-order valence-corrected chi connectivity index (χ0v) is 8.45. The lowest BCUT2D eigenvalue weighted by molar-refractivity contribution is -0.231. The summed E-state index contributed by atoms with van der Waals surface area (Å²) < 4.78 is 10.1. The molecule has 0 amide bonds. The summed E-state index contributed by atoms with van der Waals surface area (Å²) in [6.45, 7) is 3.42. The predicted octanol–water partition coefficient (Wildman–Crippen LogP) is 0.0237. The van der Waals surface area contributed by atoms with Gasteiger partial charge in [0, 0.05) is 0 Å². The van der Waals surface area contributed by atoms with E-state index in [2.05, 4.69) is 0 Å². The van der Waals surface area contributed by atoms with E-state index in [0.29, 0.717) is 0 Å². The molecule has 6 nitrogen and oxygen atoms in total. The van der Waals surface area contributed by atoms with Crippen LogP contribution >= 0.6 is 0 Å². The van der Waals surface area contributed by atoms with Crippen molar-refractivity contribution in [3.8, 4) is 0 Å². The Labute approximate surface area is 86.7 Å². The third-order valence-corrected chi connectivity index (χ3v) is 1.81. The molecule has 3 atom stereocenters. The highest BCUT2D eigenvalue weighted by molar-refractivity contribution is 5.75. The molecule has 0 bridgehead atoms. The van der Waals surface area contributed by atoms with E-state index < -0.39 is 30.2 Å². The summed E-state index contributed by atoms with van der Waals surface area (Å²) in [6.07, 6.45) is -3.10. The van der Waals surface area contributed by atoms with Gasteiger partial charge in [0.2, 0.25) is 0 Å². The number of hydrogen-bond acceptors (Lipinski definition) is 5. The van der Waals surface area contributed by atoms with E-state index >= 15 is 0 Å². The van der Waals surface area contributed by atoms with E-state index in [4.69, 9.17) is 14.6 Å². The molecule has 0 aromatic rings. The number of aliphatic hydroxyl groups is 2. The quantitative estimate of drug-likeness (QED) is 0.618. The van der Waals surface area contributed by atoms with Crippen molar-refractivity contribution in [2.75, 3.05) is 0 Å². The lowest BCUT2D eigenvalue weighted by Crippen LogP contribution is -2.44. The van der Waals surface area contributed by atoms with Gasteiger partial charge in [0.15, 0.2) is 18.5 Å². The van der Waals surface area contributed by atoms with Gasteiger partial charge >= 0.3 is 5.97 Å². The van der Waals surface area contributed by atoms with E-state index in [1.807, 2.05) is 0 Å². The Morgan fingerprint density at radius 3 is 2.67 bits per heavy atom. The lowest BCUT2D eigenvalue weighted by atomic mass is 10.1. The van der Waals surface area contributed by atoms with Gasteiger partial charge in [-0.25, -0.2) is 4.79 Å². The molecule has 0 fully saturated rings. The van der Waals surface area contributed by atoms with Gasteiger partial charge in [-0.3, -0.25) is 0 Å². The largest absolute Gasteiger partial charge is 0.510 e. The number of ether oxygens (including phenoxy) is 2. The average Bonchev–Trinajstić information content (AvgIpc) is 2.11. The maximum absolute atomic E-state index is 10.6. The Hall–Kier alpha value is -1.11. The SMILES string of the molecule is CC(C)O[C@@H]1OC(C(=O)O)C=C(O)C1O. The van der Waals surface area contributed by atoms with Crippen LogP contribution < -0.4 is 0 Å². The first kappa shape index (κ1) is 12.0. The third kappa shape index (κ3) is 2.92. The Bertz CT molecular complexity index is 272. The van der Waals surface area contributed by atoms with Gasteiger partial charge in [0.1, 0.15) is 5.76 Å². The molecule has 0 spiro atoms. The summed E-state index contributed by atoms with van der Waals surface area (Å²) >= 11 is 0. The number of rotatable bonds is 3. The van der Waals surface area contributed by atoms with Crippen molar-refractivity contribution < 1.29 is 29.6 Å². The molecule has 6 heteroatoms. The first-order valence-corrected chi connectivity index (χ1v) is 4.54. The van der Waals surface area contributed by atoms with Crippen molar-refractivity contribution in [2.24, 2.45) is 0 Å². The summed E-state index contributed by atoms with van der Waals surface area (Å²) in [6, 6.07) is 0. The molecule has 0 saturated heterocycles. The number of carboxylic acid groups (broad SMARTS) is 1. The molecule has 0 aromatic carbocycles. The molecule has 15 heavy (non-hydrogen) atoms. The van der Waals surface area contributed by atoms with E-state index in [9.17, 15) is 15.0 Å². The Kier molecular flexibility index (Phi) is 3.67. The number of aliphatic hydroxyl groups excluding tert-OH is 2. The van der Waals surface area contributed by atoms with Crippen molar-refractivity contribution in [2.45, 2.75) is 38.4 Å². The smallest absolute Gasteiger partial charge is 0.337 e. The van der Waals surface area contributed by atoms with Crippen LogP contribution in [0.25, 0.3) is 0 Å². The fraction of sp³-hybridized carbons (Fsp3) is 0.667. The molecule has 1 aliphatic heterocycles. The van der Waals surface area contributed by atoms with Crippen molar-refractivity contribution in [1.29, 1.82) is 0 Å². The Balaban J connectivity index is 2.76. The van der Waals surface area contributed by atoms with Gasteiger partial charge in [0.05, 0.1) is 6.10 Å². The number of carbonyl (C=O) groups is 1. The lowest BCUT2D eigenvalue weighted by Gasteiger charge is -2.30. The van der Waals surface area contributed by atoms with Crippen molar-refractivity contribution in [1.82, 2.24) is 0 Å². The molecular formula is C9H14O6. The Morgan fingerprint density at radius 2 is 2.20 bits per heavy atom. The summed E-state index contributed by atoms with van der Waals surface area (Å²) in [5.41, 5.74) is 0.